The van der Waals surface area contributed by atoms with Crippen molar-refractivity contribution in [3.63, 3.8) is 0 Å². The van der Waals surface area contributed by atoms with E-state index in [0.29, 0.717) is 0 Å². The lowest BCUT2D eigenvalue weighted by Crippen LogP contribution is -2.25. The molecule has 2 nitrogen and oxygen atoms in total. The maximum atomic E-state index is 11.7. The molecule has 0 bridgehead atoms. The molecule has 0 aromatic carbocycles. The van der Waals surface area contributed by atoms with Crippen molar-refractivity contribution < 1.29 is 9.90 Å². The Morgan fingerprint density at radius 3 is 1.43 bits per heavy atom. The number of carboxylic acids is 1. The van der Waals surface area contributed by atoms with Gasteiger partial charge in [-0.15, -0.1) is 0 Å². The van der Waals surface area contributed by atoms with E-state index >= 15 is 0 Å². The second kappa shape index (κ2) is 18.5. The highest BCUT2D eigenvalue weighted by Crippen LogP contribution is 2.39. The molecule has 2 atom stereocenters. The molecule has 1 N–H and O–H groups in total. The van der Waals surface area contributed by atoms with Gasteiger partial charge in [0.25, 0.3) is 0 Å². The molecule has 0 radical (unpaired) electrons. The lowest BCUT2D eigenvalue weighted by Gasteiger charge is -2.33. The van der Waals surface area contributed by atoms with Crippen molar-refractivity contribution in [3.8, 4) is 0 Å². The molecule has 0 aliphatic rings. The van der Waals surface area contributed by atoms with Gasteiger partial charge in [0.15, 0.2) is 0 Å². The maximum absolute atomic E-state index is 11.7. The van der Waals surface area contributed by atoms with Gasteiger partial charge in [0.05, 0.1) is 5.92 Å². The lowest BCUT2D eigenvalue weighted by molar-refractivity contribution is -0.143. The van der Waals surface area contributed by atoms with Gasteiger partial charge in [0, 0.05) is 0 Å². The predicted octanol–water partition coefficient (Wildman–Crippen LogP) is 9.17. The fourth-order valence-electron chi connectivity index (χ4n) is 4.60. The minimum absolute atomic E-state index is 0.149. The average Bonchev–Trinajstić information content (AvgIpc) is 2.66. The molecule has 0 aromatic rings. The molecule has 2 heteroatoms. The Morgan fingerprint density at radius 1 is 0.679 bits per heavy atom. The van der Waals surface area contributed by atoms with Crippen LogP contribution in [0.4, 0.5) is 0 Å². The van der Waals surface area contributed by atoms with Gasteiger partial charge in [0.2, 0.25) is 0 Å². The second-order valence-electron chi connectivity index (χ2n) is 9.58. The second-order valence-corrected chi connectivity index (χ2v) is 9.58. The van der Waals surface area contributed by atoms with Crippen molar-refractivity contribution >= 4 is 5.97 Å². The van der Waals surface area contributed by atoms with Gasteiger partial charge < -0.3 is 5.11 Å². The van der Waals surface area contributed by atoms with Crippen molar-refractivity contribution in [2.75, 3.05) is 0 Å². The first-order valence-corrected chi connectivity index (χ1v) is 12.7. The zero-order valence-corrected chi connectivity index (χ0v) is 19.9. The summed E-state index contributed by atoms with van der Waals surface area (Å²) in [5.74, 6) is -0.726. The molecule has 28 heavy (non-hydrogen) atoms. The van der Waals surface area contributed by atoms with Crippen LogP contribution in [0.25, 0.3) is 0 Å². The van der Waals surface area contributed by atoms with Gasteiger partial charge in [-0.25, -0.2) is 0 Å². The molecule has 0 rings (SSSR count). The third-order valence-corrected chi connectivity index (χ3v) is 6.49. The quantitative estimate of drug-likeness (QED) is 0.196. The standard InChI is InChI=1S/C26H52O2/c1-5-8-10-12-14-15-17-19-22-26(4,21-18-16-13-11-9-6-2)23-24(20-7-3)25(27)28/h24H,5-23H2,1-4H3,(H,27,28). The summed E-state index contributed by atoms with van der Waals surface area (Å²) in [6, 6.07) is 0. The molecule has 0 heterocycles. The molecule has 0 saturated heterocycles. The molecular weight excluding hydrogens is 344 g/mol. The van der Waals surface area contributed by atoms with Crippen LogP contribution in [-0.4, -0.2) is 11.1 Å². The summed E-state index contributed by atoms with van der Waals surface area (Å²) >= 11 is 0. The van der Waals surface area contributed by atoms with Crippen molar-refractivity contribution in [1.82, 2.24) is 0 Å². The van der Waals surface area contributed by atoms with Crippen molar-refractivity contribution in [2.24, 2.45) is 11.3 Å². The van der Waals surface area contributed by atoms with E-state index in [-0.39, 0.29) is 11.3 Å². The molecule has 0 saturated carbocycles. The largest absolute Gasteiger partial charge is 0.481 e. The Bertz CT molecular complexity index is 352. The van der Waals surface area contributed by atoms with Crippen molar-refractivity contribution in [1.29, 1.82) is 0 Å². The highest BCUT2D eigenvalue weighted by molar-refractivity contribution is 5.69. The van der Waals surface area contributed by atoms with Crippen LogP contribution in [-0.2, 0) is 4.79 Å². The topological polar surface area (TPSA) is 37.3 Å². The predicted molar refractivity (Wildman–Crippen MR) is 124 cm³/mol. The normalized spacial score (nSPS) is 14.7. The van der Waals surface area contributed by atoms with Crippen LogP contribution in [0.5, 0.6) is 0 Å². The maximum Gasteiger partial charge on any atom is 0.306 e. The molecule has 168 valence electrons. The Morgan fingerprint density at radius 2 is 1.07 bits per heavy atom. The molecule has 0 fully saturated rings. The van der Waals surface area contributed by atoms with E-state index in [2.05, 4.69) is 27.7 Å². The zero-order valence-electron chi connectivity index (χ0n) is 19.9. The van der Waals surface area contributed by atoms with E-state index in [1.54, 1.807) is 0 Å². The summed E-state index contributed by atoms with van der Waals surface area (Å²) in [6.45, 7) is 9.03. The van der Waals surface area contributed by atoms with Crippen LogP contribution in [0, 0.1) is 11.3 Å². The van der Waals surface area contributed by atoms with Gasteiger partial charge in [-0.1, -0.05) is 124 Å². The number of carbonyl (C=O) groups is 1. The molecule has 0 aliphatic carbocycles. The first kappa shape index (κ1) is 27.5. The van der Waals surface area contributed by atoms with Gasteiger partial charge in [-0.2, -0.15) is 0 Å². The monoisotopic (exact) mass is 396 g/mol. The Labute approximate surface area is 177 Å². The van der Waals surface area contributed by atoms with E-state index < -0.39 is 5.97 Å². The number of hydrogen-bond acceptors (Lipinski definition) is 1. The van der Waals surface area contributed by atoms with Crippen molar-refractivity contribution in [3.05, 3.63) is 0 Å². The fourth-order valence-corrected chi connectivity index (χ4v) is 4.60. The van der Waals surface area contributed by atoms with Gasteiger partial charge in [-0.05, 0) is 31.1 Å². The fraction of sp³-hybridized carbons (Fsp3) is 0.962. The van der Waals surface area contributed by atoms with E-state index in [4.69, 9.17) is 0 Å². The summed E-state index contributed by atoms with van der Waals surface area (Å²) in [7, 11) is 0. The molecule has 0 aliphatic heterocycles. The summed E-state index contributed by atoms with van der Waals surface area (Å²) in [4.78, 5) is 11.7. The van der Waals surface area contributed by atoms with Gasteiger partial charge in [0.1, 0.15) is 0 Å². The summed E-state index contributed by atoms with van der Waals surface area (Å²) in [5.41, 5.74) is 0.213. The van der Waals surface area contributed by atoms with Crippen LogP contribution in [0.2, 0.25) is 0 Å². The minimum Gasteiger partial charge on any atom is -0.481 e. The minimum atomic E-state index is -0.577. The van der Waals surface area contributed by atoms with E-state index in [9.17, 15) is 9.90 Å². The number of rotatable bonds is 21. The Kier molecular flexibility index (Phi) is 18.1. The zero-order chi connectivity index (χ0) is 21.1. The van der Waals surface area contributed by atoms with Gasteiger partial charge in [-0.3, -0.25) is 4.79 Å². The number of aliphatic carboxylic acids is 1. The summed E-state index contributed by atoms with van der Waals surface area (Å²) < 4.78 is 0. The number of hydrogen-bond donors (Lipinski definition) is 1. The smallest absolute Gasteiger partial charge is 0.306 e. The lowest BCUT2D eigenvalue weighted by atomic mass is 9.72. The van der Waals surface area contributed by atoms with Crippen LogP contribution in [0.3, 0.4) is 0 Å². The third-order valence-electron chi connectivity index (χ3n) is 6.49. The van der Waals surface area contributed by atoms with Crippen LogP contribution >= 0.6 is 0 Å². The SMILES string of the molecule is CCCCCCCCCCC(C)(CCCCCCCC)CC(CCC)C(=O)O. The highest BCUT2D eigenvalue weighted by Gasteiger charge is 2.30. The van der Waals surface area contributed by atoms with Crippen LogP contribution in [0.15, 0.2) is 0 Å². The Hall–Kier alpha value is -0.530. The van der Waals surface area contributed by atoms with E-state index in [0.717, 1.165) is 19.3 Å². The molecule has 0 aromatic heterocycles. The van der Waals surface area contributed by atoms with Crippen LogP contribution in [0.1, 0.15) is 150 Å². The first-order chi connectivity index (χ1) is 13.5. The number of unbranched alkanes of at least 4 members (excludes halogenated alkanes) is 12. The summed E-state index contributed by atoms with van der Waals surface area (Å²) in [5, 5.41) is 9.65. The van der Waals surface area contributed by atoms with Gasteiger partial charge >= 0.3 is 5.97 Å². The molecule has 2 unspecified atom stereocenters. The van der Waals surface area contributed by atoms with E-state index in [1.807, 2.05) is 0 Å². The van der Waals surface area contributed by atoms with Crippen molar-refractivity contribution in [2.45, 2.75) is 150 Å². The highest BCUT2D eigenvalue weighted by atomic mass is 16.4. The summed E-state index contributed by atoms with van der Waals surface area (Å²) in [6.07, 6.45) is 23.9. The average molecular weight is 397 g/mol. The van der Waals surface area contributed by atoms with Crippen LogP contribution < -0.4 is 0 Å². The first-order valence-electron chi connectivity index (χ1n) is 12.7. The Balaban J connectivity index is 4.38. The molecule has 0 spiro atoms. The van der Waals surface area contributed by atoms with E-state index in [1.165, 1.54) is 103 Å². The number of carboxylic acid groups (broad SMARTS) is 1. The molecular formula is C26H52O2. The molecule has 0 amide bonds. The third kappa shape index (κ3) is 15.4.